The maximum absolute atomic E-state index is 11.3. The Morgan fingerprint density at radius 1 is 1.23 bits per heavy atom. The number of aliphatic hydroxyl groups is 1. The number of hydrogen-bond donors (Lipinski definition) is 3. The molecule has 8 nitrogen and oxygen atoms in total. The zero-order valence-electron chi connectivity index (χ0n) is 17.1. The molecule has 0 unspecified atom stereocenters. The minimum Gasteiger partial charge on any atom is -0.508 e. The molecule has 2 aromatic rings. The van der Waals surface area contributed by atoms with Crippen LogP contribution in [-0.2, 0) is 4.79 Å². The molecule has 2 heterocycles. The van der Waals surface area contributed by atoms with Gasteiger partial charge in [0.1, 0.15) is 24.2 Å². The number of ether oxygens (including phenoxy) is 3. The molecule has 31 heavy (non-hydrogen) atoms. The van der Waals surface area contributed by atoms with Gasteiger partial charge in [-0.1, -0.05) is 11.6 Å². The zero-order valence-corrected chi connectivity index (χ0v) is 17.9. The highest BCUT2D eigenvalue weighted by Crippen LogP contribution is 2.44. The quantitative estimate of drug-likeness (QED) is 0.584. The van der Waals surface area contributed by atoms with Crippen LogP contribution in [0.1, 0.15) is 19.8 Å². The first-order valence-corrected chi connectivity index (χ1v) is 10.5. The number of nitrogens with zero attached hydrogens (tertiary/aromatic N) is 1. The smallest absolute Gasteiger partial charge is 0.254 e. The van der Waals surface area contributed by atoms with Crippen LogP contribution >= 0.6 is 11.6 Å². The van der Waals surface area contributed by atoms with Crippen LogP contribution in [0, 0.1) is 0 Å². The fourth-order valence-electron chi connectivity index (χ4n) is 3.81. The van der Waals surface area contributed by atoms with E-state index in [4.69, 9.17) is 25.8 Å². The number of aromatic hydroxyl groups is 1. The van der Waals surface area contributed by atoms with Crippen molar-refractivity contribution >= 4 is 23.2 Å². The highest BCUT2D eigenvalue weighted by Gasteiger charge is 2.44. The lowest BCUT2D eigenvalue weighted by Gasteiger charge is -2.38. The monoisotopic (exact) mass is 448 g/mol. The molecule has 2 aliphatic heterocycles. The summed E-state index contributed by atoms with van der Waals surface area (Å²) in [6, 6.07) is 9.76. The number of phenols is 1. The van der Waals surface area contributed by atoms with E-state index in [0.29, 0.717) is 60.4 Å². The van der Waals surface area contributed by atoms with E-state index in [1.807, 2.05) is 6.07 Å². The molecule has 1 fully saturated rings. The Balaban J connectivity index is 1.27. The summed E-state index contributed by atoms with van der Waals surface area (Å²) in [5, 5.41) is 23.4. The van der Waals surface area contributed by atoms with E-state index < -0.39 is 11.9 Å². The van der Waals surface area contributed by atoms with Gasteiger partial charge in [-0.3, -0.25) is 4.79 Å². The Morgan fingerprint density at radius 3 is 2.71 bits per heavy atom. The Morgan fingerprint density at radius 2 is 1.97 bits per heavy atom. The molecule has 2 aliphatic rings. The lowest BCUT2D eigenvalue weighted by molar-refractivity contribution is -0.122. The second-order valence-electron chi connectivity index (χ2n) is 7.83. The number of fused-ring (bicyclic) bond motifs is 1. The molecular weight excluding hydrogens is 424 g/mol. The van der Waals surface area contributed by atoms with E-state index in [0.717, 1.165) is 0 Å². The Labute approximate surface area is 185 Å². The first kappa shape index (κ1) is 21.5. The normalized spacial score (nSPS) is 18.0. The van der Waals surface area contributed by atoms with Gasteiger partial charge in [0.15, 0.2) is 11.5 Å². The highest BCUT2D eigenvalue weighted by molar-refractivity contribution is 6.30. The van der Waals surface area contributed by atoms with Crippen molar-refractivity contribution in [2.45, 2.75) is 31.7 Å². The van der Waals surface area contributed by atoms with Crippen molar-refractivity contribution in [3.05, 3.63) is 41.4 Å². The van der Waals surface area contributed by atoms with Gasteiger partial charge in [-0.05, 0) is 24.3 Å². The predicted molar refractivity (Wildman–Crippen MR) is 115 cm³/mol. The van der Waals surface area contributed by atoms with Gasteiger partial charge in [0.2, 0.25) is 5.91 Å². The number of rotatable bonds is 6. The molecule has 0 saturated carbocycles. The van der Waals surface area contributed by atoms with Crippen LogP contribution in [-0.4, -0.2) is 59.2 Å². The summed E-state index contributed by atoms with van der Waals surface area (Å²) < 4.78 is 17.8. The Hall–Kier alpha value is -2.68. The molecule has 3 N–H and O–H groups in total. The second-order valence-corrected chi connectivity index (χ2v) is 8.27. The number of phenolic OH excluding ortho intramolecular Hbond substituents is 1. The molecule has 4 rings (SSSR count). The van der Waals surface area contributed by atoms with Crippen molar-refractivity contribution < 1.29 is 29.2 Å². The number of nitrogens with one attached hydrogen (secondary N) is 1. The number of amides is 1. The maximum atomic E-state index is 11.3. The number of halogens is 1. The van der Waals surface area contributed by atoms with Crippen LogP contribution in [0.3, 0.4) is 0 Å². The topological polar surface area (TPSA) is 100 Å². The van der Waals surface area contributed by atoms with Crippen LogP contribution in [0.4, 0.5) is 5.69 Å². The highest BCUT2D eigenvalue weighted by atomic mass is 35.5. The van der Waals surface area contributed by atoms with Crippen molar-refractivity contribution in [3.8, 4) is 23.0 Å². The predicted octanol–water partition coefficient (Wildman–Crippen LogP) is 3.01. The largest absolute Gasteiger partial charge is 0.508 e. The van der Waals surface area contributed by atoms with Crippen LogP contribution in [0.5, 0.6) is 23.0 Å². The average Bonchev–Trinajstić information content (AvgIpc) is 3.06. The molecule has 1 amide bonds. The number of β-amino-alcohol motifs (C(OH)–C–C–N with tert-alkyl or cyclic N) is 1. The van der Waals surface area contributed by atoms with Gasteiger partial charge < -0.3 is 34.6 Å². The summed E-state index contributed by atoms with van der Waals surface area (Å²) in [7, 11) is 0. The first-order chi connectivity index (χ1) is 14.8. The number of carbonyl (C=O) groups is 1. The molecule has 1 saturated heterocycles. The summed E-state index contributed by atoms with van der Waals surface area (Å²) in [5.74, 6) is 0.747. The van der Waals surface area contributed by atoms with Crippen LogP contribution < -0.4 is 19.5 Å². The van der Waals surface area contributed by atoms with Crippen LogP contribution in [0.2, 0.25) is 5.02 Å². The van der Waals surface area contributed by atoms with E-state index in [9.17, 15) is 15.0 Å². The van der Waals surface area contributed by atoms with Crippen LogP contribution in [0.25, 0.3) is 0 Å². The van der Waals surface area contributed by atoms with Crippen LogP contribution in [0.15, 0.2) is 36.4 Å². The molecule has 1 spiro atoms. The average molecular weight is 449 g/mol. The van der Waals surface area contributed by atoms with E-state index in [-0.39, 0.29) is 18.3 Å². The zero-order chi connectivity index (χ0) is 22.0. The molecule has 166 valence electrons. The van der Waals surface area contributed by atoms with E-state index in [1.54, 1.807) is 18.2 Å². The number of hydrogen-bond acceptors (Lipinski definition) is 7. The summed E-state index contributed by atoms with van der Waals surface area (Å²) in [6.45, 7) is 3.22. The molecule has 0 bridgehead atoms. The Bertz CT molecular complexity index is 961. The minimum absolute atomic E-state index is 0.0127. The number of likely N-dealkylation sites (tertiary alicyclic amines) is 1. The molecule has 0 aromatic heterocycles. The molecule has 0 aliphatic carbocycles. The lowest BCUT2D eigenvalue weighted by atomic mass is 10.0. The third kappa shape index (κ3) is 5.15. The number of benzene rings is 2. The van der Waals surface area contributed by atoms with Gasteiger partial charge in [-0.2, -0.15) is 0 Å². The van der Waals surface area contributed by atoms with Crippen molar-refractivity contribution in [1.29, 1.82) is 0 Å². The van der Waals surface area contributed by atoms with Crippen molar-refractivity contribution in [3.63, 3.8) is 0 Å². The number of anilines is 1. The van der Waals surface area contributed by atoms with E-state index >= 15 is 0 Å². The van der Waals surface area contributed by atoms with Crippen molar-refractivity contribution in [2.24, 2.45) is 0 Å². The first-order valence-electron chi connectivity index (χ1n) is 10.1. The fourth-order valence-corrected chi connectivity index (χ4v) is 3.97. The molecule has 1 atom stereocenters. The van der Waals surface area contributed by atoms with Gasteiger partial charge in [-0.15, -0.1) is 0 Å². The van der Waals surface area contributed by atoms with Gasteiger partial charge in [0.05, 0.1) is 5.69 Å². The van der Waals surface area contributed by atoms with Gasteiger partial charge >= 0.3 is 0 Å². The maximum Gasteiger partial charge on any atom is 0.254 e. The molecule has 0 radical (unpaired) electrons. The van der Waals surface area contributed by atoms with Gasteiger partial charge in [0.25, 0.3) is 5.79 Å². The number of piperidine rings is 1. The third-order valence-electron chi connectivity index (χ3n) is 5.29. The van der Waals surface area contributed by atoms with Gasteiger partial charge in [0, 0.05) is 56.6 Å². The SMILES string of the molecule is CC(=O)Nc1ccc(O)cc1OC[C@@H](O)CN1CCC2(CC1)Oc1ccc(Cl)cc1O2. The summed E-state index contributed by atoms with van der Waals surface area (Å²) >= 11 is 6.03. The standard InChI is InChI=1S/C22H25ClN2O6/c1-14(26)24-18-4-3-16(27)11-20(18)29-13-17(28)12-25-8-6-22(7-9-25)30-19-5-2-15(23)10-21(19)31-22/h2-5,10-11,17,27-28H,6-9,12-13H2,1H3,(H,24,26)/t17-/m0/s1. The minimum atomic E-state index is -0.747. The lowest BCUT2D eigenvalue weighted by Crippen LogP contribution is -2.51. The summed E-state index contributed by atoms with van der Waals surface area (Å²) in [6.07, 6.45) is 0.570. The second kappa shape index (κ2) is 8.82. The van der Waals surface area contributed by atoms with Crippen molar-refractivity contribution in [2.75, 3.05) is 31.6 Å². The number of aliphatic hydroxyl groups excluding tert-OH is 1. The summed E-state index contributed by atoms with van der Waals surface area (Å²) in [5.41, 5.74) is 0.438. The molecular formula is C22H25ClN2O6. The van der Waals surface area contributed by atoms with Crippen molar-refractivity contribution in [1.82, 2.24) is 4.90 Å². The fraction of sp³-hybridized carbons (Fsp3) is 0.409. The summed E-state index contributed by atoms with van der Waals surface area (Å²) in [4.78, 5) is 13.5. The van der Waals surface area contributed by atoms with E-state index in [1.165, 1.54) is 19.1 Å². The van der Waals surface area contributed by atoms with E-state index in [2.05, 4.69) is 10.2 Å². The Kier molecular flexibility index (Phi) is 6.13. The molecule has 9 heteroatoms. The van der Waals surface area contributed by atoms with Gasteiger partial charge in [-0.25, -0.2) is 0 Å². The molecule has 2 aromatic carbocycles. The third-order valence-corrected chi connectivity index (χ3v) is 5.53. The number of carbonyl (C=O) groups excluding carboxylic acids is 1.